The third kappa shape index (κ3) is 3.15. The summed E-state index contributed by atoms with van der Waals surface area (Å²) in [6.45, 7) is 4.04. The molecular weight excluding hydrogens is 244 g/mol. The molecule has 2 unspecified atom stereocenters. The van der Waals surface area contributed by atoms with Crippen LogP contribution in [0.2, 0.25) is 0 Å². The number of hydrogen-bond acceptors (Lipinski definition) is 4. The van der Waals surface area contributed by atoms with Gasteiger partial charge < -0.3 is 10.2 Å². The molecule has 0 saturated heterocycles. The van der Waals surface area contributed by atoms with Crippen LogP contribution in [-0.2, 0) is 0 Å². The minimum Gasteiger partial charge on any atom is -0.465 e. The Labute approximate surface area is 112 Å². The Morgan fingerprint density at radius 3 is 2.72 bits per heavy atom. The maximum Gasteiger partial charge on any atom is 0.119 e. The summed E-state index contributed by atoms with van der Waals surface area (Å²) in [5.74, 6) is 1.84. The average molecular weight is 262 g/mol. The molecule has 2 aromatic rings. The molecule has 0 radical (unpaired) electrons. The predicted octanol–water partition coefficient (Wildman–Crippen LogP) is 3.55. The summed E-state index contributed by atoms with van der Waals surface area (Å²) in [7, 11) is 0. The van der Waals surface area contributed by atoms with Gasteiger partial charge >= 0.3 is 0 Å². The first kappa shape index (κ1) is 13.2. The highest BCUT2D eigenvalue weighted by Gasteiger charge is 2.23. The van der Waals surface area contributed by atoms with Crippen molar-refractivity contribution in [1.29, 1.82) is 0 Å². The Morgan fingerprint density at radius 2 is 2.17 bits per heavy atom. The summed E-state index contributed by atoms with van der Waals surface area (Å²) in [4.78, 5) is 4.33. The van der Waals surface area contributed by atoms with Crippen LogP contribution in [0.25, 0.3) is 0 Å². The van der Waals surface area contributed by atoms with Crippen LogP contribution >= 0.6 is 11.8 Å². The highest BCUT2D eigenvalue weighted by Crippen LogP contribution is 2.37. The maximum absolute atomic E-state index is 6.20. The number of pyridine rings is 1. The summed E-state index contributed by atoms with van der Waals surface area (Å²) < 4.78 is 5.71. The van der Waals surface area contributed by atoms with Crippen molar-refractivity contribution in [2.75, 3.05) is 0 Å². The number of hydrogen-bond donors (Lipinski definition) is 1. The lowest BCUT2D eigenvalue weighted by atomic mass is 10.1. The lowest BCUT2D eigenvalue weighted by molar-refractivity contribution is 0.454. The fourth-order valence-corrected chi connectivity index (χ4v) is 2.87. The zero-order chi connectivity index (χ0) is 13.0. The van der Waals surface area contributed by atoms with E-state index in [1.54, 1.807) is 18.0 Å². The van der Waals surface area contributed by atoms with E-state index in [0.717, 1.165) is 23.0 Å². The van der Waals surface area contributed by atoms with E-state index in [-0.39, 0.29) is 11.3 Å². The van der Waals surface area contributed by atoms with Crippen molar-refractivity contribution in [1.82, 2.24) is 4.98 Å². The van der Waals surface area contributed by atoms with Crippen LogP contribution in [0.15, 0.2) is 46.0 Å². The number of thioether (sulfide) groups is 1. The number of nitrogens with two attached hydrogens (primary N) is 1. The summed E-state index contributed by atoms with van der Waals surface area (Å²) in [6.07, 6.45) is 2.70. The van der Waals surface area contributed by atoms with Gasteiger partial charge in [-0.2, -0.15) is 0 Å². The van der Waals surface area contributed by atoms with Crippen molar-refractivity contribution in [3.63, 3.8) is 0 Å². The average Bonchev–Trinajstić information content (AvgIpc) is 2.83. The van der Waals surface area contributed by atoms with Crippen LogP contribution in [0.4, 0.5) is 0 Å². The van der Waals surface area contributed by atoms with E-state index in [1.807, 2.05) is 37.3 Å². The minimum atomic E-state index is 0.0579. The number of furan rings is 1. The van der Waals surface area contributed by atoms with E-state index >= 15 is 0 Å². The van der Waals surface area contributed by atoms with Crippen LogP contribution in [0, 0.1) is 6.92 Å². The fourth-order valence-electron chi connectivity index (χ4n) is 1.72. The van der Waals surface area contributed by atoms with E-state index < -0.39 is 0 Å². The fraction of sp³-hybridized carbons (Fsp3) is 0.357. The van der Waals surface area contributed by atoms with Gasteiger partial charge in [0.25, 0.3) is 0 Å². The smallest absolute Gasteiger partial charge is 0.119 e. The van der Waals surface area contributed by atoms with E-state index in [0.29, 0.717) is 0 Å². The molecule has 18 heavy (non-hydrogen) atoms. The zero-order valence-corrected chi connectivity index (χ0v) is 11.5. The molecule has 0 aromatic carbocycles. The molecule has 96 valence electrons. The van der Waals surface area contributed by atoms with Gasteiger partial charge in [0.05, 0.1) is 10.3 Å². The van der Waals surface area contributed by atoms with Gasteiger partial charge in [0.2, 0.25) is 0 Å². The zero-order valence-electron chi connectivity index (χ0n) is 10.7. The second kappa shape index (κ2) is 6.07. The van der Waals surface area contributed by atoms with Gasteiger partial charge in [-0.25, -0.2) is 4.98 Å². The third-order valence-electron chi connectivity index (χ3n) is 2.79. The lowest BCUT2D eigenvalue weighted by Crippen LogP contribution is -2.25. The maximum atomic E-state index is 6.20. The Bertz CT molecular complexity index is 484. The molecule has 0 fully saturated rings. The van der Waals surface area contributed by atoms with Crippen molar-refractivity contribution in [3.05, 3.63) is 48.0 Å². The summed E-state index contributed by atoms with van der Waals surface area (Å²) in [6, 6.07) is 9.93. The van der Waals surface area contributed by atoms with Crippen LogP contribution in [0.1, 0.15) is 30.1 Å². The van der Waals surface area contributed by atoms with Gasteiger partial charge in [0, 0.05) is 12.2 Å². The molecule has 2 aromatic heterocycles. The van der Waals surface area contributed by atoms with Crippen molar-refractivity contribution in [2.24, 2.45) is 5.73 Å². The molecule has 0 amide bonds. The lowest BCUT2D eigenvalue weighted by Gasteiger charge is -2.19. The predicted molar refractivity (Wildman–Crippen MR) is 74.5 cm³/mol. The summed E-state index contributed by atoms with van der Waals surface area (Å²) >= 11 is 1.66. The van der Waals surface area contributed by atoms with Crippen LogP contribution in [-0.4, -0.2) is 11.0 Å². The molecule has 0 spiro atoms. The van der Waals surface area contributed by atoms with Crippen molar-refractivity contribution >= 4 is 11.8 Å². The Hall–Kier alpha value is -1.26. The Balaban J connectivity index is 2.21. The molecule has 2 heterocycles. The van der Waals surface area contributed by atoms with E-state index in [9.17, 15) is 0 Å². The van der Waals surface area contributed by atoms with Crippen molar-refractivity contribution in [2.45, 2.75) is 36.6 Å². The van der Waals surface area contributed by atoms with Gasteiger partial charge in [-0.3, -0.25) is 0 Å². The molecule has 2 atom stereocenters. The number of rotatable bonds is 5. The van der Waals surface area contributed by atoms with Gasteiger partial charge in [-0.15, -0.1) is 0 Å². The second-order valence-corrected chi connectivity index (χ2v) is 5.39. The minimum absolute atomic E-state index is 0.0579. The quantitative estimate of drug-likeness (QED) is 0.837. The van der Waals surface area contributed by atoms with Crippen molar-refractivity contribution in [3.8, 4) is 0 Å². The van der Waals surface area contributed by atoms with E-state index in [1.165, 1.54) is 0 Å². The highest BCUT2D eigenvalue weighted by atomic mass is 32.2. The van der Waals surface area contributed by atoms with E-state index in [2.05, 4.69) is 11.9 Å². The topological polar surface area (TPSA) is 52.0 Å². The molecule has 2 N–H and O–H groups in total. The normalized spacial score (nSPS) is 14.4. The molecule has 2 rings (SSSR count). The summed E-state index contributed by atoms with van der Waals surface area (Å²) in [5, 5.41) is 1.08. The third-order valence-corrected chi connectivity index (χ3v) is 4.11. The molecule has 0 bridgehead atoms. The SMILES string of the molecule is CCC(N)C(Sc1ccccn1)c1ccc(C)o1. The number of nitrogens with zero attached hydrogens (tertiary/aromatic N) is 1. The van der Waals surface area contributed by atoms with Crippen LogP contribution < -0.4 is 5.73 Å². The van der Waals surface area contributed by atoms with Gasteiger partial charge in [0.1, 0.15) is 11.5 Å². The molecule has 0 saturated carbocycles. The van der Waals surface area contributed by atoms with Gasteiger partial charge in [-0.05, 0) is 37.6 Å². The molecule has 0 aliphatic heterocycles. The molecule has 0 aliphatic carbocycles. The van der Waals surface area contributed by atoms with Crippen molar-refractivity contribution < 1.29 is 4.42 Å². The first-order chi connectivity index (χ1) is 8.70. The highest BCUT2D eigenvalue weighted by molar-refractivity contribution is 7.99. The number of aryl methyl sites for hydroxylation is 1. The van der Waals surface area contributed by atoms with Crippen LogP contribution in [0.3, 0.4) is 0 Å². The van der Waals surface area contributed by atoms with Gasteiger partial charge in [-0.1, -0.05) is 24.8 Å². The standard InChI is InChI=1S/C14H18N2OS/c1-3-11(15)14(12-8-7-10(2)17-12)18-13-6-4-5-9-16-13/h4-9,11,14H,3,15H2,1-2H3. The molecule has 3 nitrogen and oxygen atoms in total. The second-order valence-electron chi connectivity index (χ2n) is 4.23. The molecule has 0 aliphatic rings. The first-order valence-corrected chi connectivity index (χ1v) is 6.98. The largest absolute Gasteiger partial charge is 0.465 e. The van der Waals surface area contributed by atoms with Crippen LogP contribution in [0.5, 0.6) is 0 Å². The summed E-state index contributed by atoms with van der Waals surface area (Å²) in [5.41, 5.74) is 6.20. The van der Waals surface area contributed by atoms with E-state index in [4.69, 9.17) is 10.2 Å². The Morgan fingerprint density at radius 1 is 1.33 bits per heavy atom. The Kier molecular flexibility index (Phi) is 4.44. The monoisotopic (exact) mass is 262 g/mol. The molecular formula is C14H18N2OS. The number of aromatic nitrogens is 1. The first-order valence-electron chi connectivity index (χ1n) is 6.10. The van der Waals surface area contributed by atoms with Gasteiger partial charge in [0.15, 0.2) is 0 Å². The molecule has 4 heteroatoms.